The van der Waals surface area contributed by atoms with Gasteiger partial charge in [-0.05, 0) is 12.3 Å². The molecule has 80 valence electrons. The van der Waals surface area contributed by atoms with Crippen LogP contribution in [0.4, 0.5) is 0 Å². The molecule has 0 spiro atoms. The third-order valence-corrected chi connectivity index (χ3v) is 2.61. The minimum Gasteiger partial charge on any atom is -0.396 e. The largest absolute Gasteiger partial charge is 0.396 e. The molecule has 0 aliphatic rings. The van der Waals surface area contributed by atoms with Crippen LogP contribution in [-0.4, -0.2) is 11.7 Å². The maximum absolute atomic E-state index is 8.81. The van der Waals surface area contributed by atoms with Crippen molar-refractivity contribution in [3.8, 4) is 0 Å². The predicted molar refractivity (Wildman–Crippen MR) is 58.9 cm³/mol. The lowest BCUT2D eigenvalue weighted by atomic mass is 10.0. The molecule has 0 aromatic heterocycles. The van der Waals surface area contributed by atoms with Gasteiger partial charge in [-0.2, -0.15) is 0 Å². The molecule has 0 aliphatic heterocycles. The Kier molecular flexibility index (Phi) is 10.0. The van der Waals surface area contributed by atoms with Crippen molar-refractivity contribution in [2.75, 3.05) is 6.61 Å². The van der Waals surface area contributed by atoms with Crippen LogP contribution in [0.2, 0.25) is 0 Å². The van der Waals surface area contributed by atoms with Gasteiger partial charge in [-0.1, -0.05) is 58.8 Å². The van der Waals surface area contributed by atoms with Crippen LogP contribution in [0.1, 0.15) is 65.2 Å². The van der Waals surface area contributed by atoms with Gasteiger partial charge in [-0.25, -0.2) is 0 Å². The van der Waals surface area contributed by atoms with E-state index >= 15 is 0 Å². The number of unbranched alkanes of at least 4 members (excludes halogenated alkanes) is 6. The van der Waals surface area contributed by atoms with E-state index in [-0.39, 0.29) is 0 Å². The second-order valence-electron chi connectivity index (χ2n) is 4.20. The van der Waals surface area contributed by atoms with E-state index in [2.05, 4.69) is 13.8 Å². The molecule has 1 heteroatoms. The molecule has 0 radical (unpaired) electrons. The smallest absolute Gasteiger partial charge is 0.0456 e. The van der Waals surface area contributed by atoms with Crippen LogP contribution in [-0.2, 0) is 0 Å². The quantitative estimate of drug-likeness (QED) is 0.544. The van der Waals surface area contributed by atoms with E-state index in [4.69, 9.17) is 5.11 Å². The molecule has 13 heavy (non-hydrogen) atoms. The number of hydrogen-bond donors (Lipinski definition) is 1. The molecule has 0 aliphatic carbocycles. The van der Waals surface area contributed by atoms with Crippen molar-refractivity contribution in [2.24, 2.45) is 5.92 Å². The fourth-order valence-electron chi connectivity index (χ4n) is 1.54. The minimum atomic E-state index is 0.357. The summed E-state index contributed by atoms with van der Waals surface area (Å²) in [5.41, 5.74) is 0. The van der Waals surface area contributed by atoms with E-state index in [1.165, 1.54) is 51.4 Å². The SMILES string of the molecule is CCCCCCCCC[C@H](C)CO. The van der Waals surface area contributed by atoms with Gasteiger partial charge in [-0.3, -0.25) is 0 Å². The Morgan fingerprint density at radius 2 is 1.46 bits per heavy atom. The van der Waals surface area contributed by atoms with Crippen LogP contribution in [0.3, 0.4) is 0 Å². The summed E-state index contributed by atoms with van der Waals surface area (Å²) in [7, 11) is 0. The van der Waals surface area contributed by atoms with Crippen LogP contribution in [0.15, 0.2) is 0 Å². The van der Waals surface area contributed by atoms with Crippen molar-refractivity contribution < 1.29 is 5.11 Å². The van der Waals surface area contributed by atoms with Gasteiger partial charge in [0.25, 0.3) is 0 Å². The van der Waals surface area contributed by atoms with E-state index in [0.29, 0.717) is 12.5 Å². The summed E-state index contributed by atoms with van der Waals surface area (Å²) >= 11 is 0. The third kappa shape index (κ3) is 9.88. The molecule has 1 N–H and O–H groups in total. The first-order valence-electron chi connectivity index (χ1n) is 5.92. The molecular formula is C12H26O. The van der Waals surface area contributed by atoms with E-state index in [1.54, 1.807) is 0 Å². The second kappa shape index (κ2) is 10.0. The molecule has 0 aromatic rings. The summed E-state index contributed by atoms with van der Waals surface area (Å²) in [5, 5.41) is 8.81. The van der Waals surface area contributed by atoms with Crippen molar-refractivity contribution in [1.82, 2.24) is 0 Å². The van der Waals surface area contributed by atoms with Gasteiger partial charge in [-0.15, -0.1) is 0 Å². The van der Waals surface area contributed by atoms with Gasteiger partial charge in [0.05, 0.1) is 0 Å². The molecule has 0 unspecified atom stereocenters. The van der Waals surface area contributed by atoms with Crippen molar-refractivity contribution in [1.29, 1.82) is 0 Å². The Balaban J connectivity index is 2.91. The van der Waals surface area contributed by atoms with Crippen LogP contribution in [0.5, 0.6) is 0 Å². The molecule has 0 bridgehead atoms. The van der Waals surface area contributed by atoms with Crippen LogP contribution < -0.4 is 0 Å². The Morgan fingerprint density at radius 1 is 0.923 bits per heavy atom. The van der Waals surface area contributed by atoms with Crippen molar-refractivity contribution >= 4 is 0 Å². The fourth-order valence-corrected chi connectivity index (χ4v) is 1.54. The van der Waals surface area contributed by atoms with Gasteiger partial charge in [0, 0.05) is 6.61 Å². The number of hydrogen-bond acceptors (Lipinski definition) is 1. The topological polar surface area (TPSA) is 20.2 Å². The molecule has 0 amide bonds. The van der Waals surface area contributed by atoms with Crippen molar-refractivity contribution in [3.63, 3.8) is 0 Å². The highest BCUT2D eigenvalue weighted by atomic mass is 16.3. The van der Waals surface area contributed by atoms with Crippen LogP contribution >= 0.6 is 0 Å². The van der Waals surface area contributed by atoms with Gasteiger partial charge >= 0.3 is 0 Å². The Labute approximate surface area is 83.5 Å². The van der Waals surface area contributed by atoms with E-state index in [1.807, 2.05) is 0 Å². The van der Waals surface area contributed by atoms with E-state index in [0.717, 1.165) is 0 Å². The molecule has 0 rings (SSSR count). The molecular weight excluding hydrogens is 160 g/mol. The zero-order valence-electron chi connectivity index (χ0n) is 9.39. The summed E-state index contributed by atoms with van der Waals surface area (Å²) in [6.07, 6.45) is 10.8. The summed E-state index contributed by atoms with van der Waals surface area (Å²) in [6.45, 7) is 4.73. The standard InChI is InChI=1S/C12H26O/c1-3-4-5-6-7-8-9-10-12(2)11-13/h12-13H,3-11H2,1-2H3/t12-/m0/s1. The average Bonchev–Trinajstić information content (AvgIpc) is 2.16. The van der Waals surface area contributed by atoms with Gasteiger partial charge in [0.2, 0.25) is 0 Å². The highest BCUT2D eigenvalue weighted by Crippen LogP contribution is 2.11. The molecule has 0 saturated carbocycles. The Hall–Kier alpha value is -0.0400. The summed E-state index contributed by atoms with van der Waals surface area (Å²) in [6, 6.07) is 0. The molecule has 0 heterocycles. The lowest BCUT2D eigenvalue weighted by Crippen LogP contribution is -1.99. The number of aliphatic hydroxyl groups is 1. The zero-order valence-corrected chi connectivity index (χ0v) is 9.39. The average molecular weight is 186 g/mol. The lowest BCUT2D eigenvalue weighted by molar-refractivity contribution is 0.227. The highest BCUT2D eigenvalue weighted by molar-refractivity contribution is 4.51. The summed E-state index contributed by atoms with van der Waals surface area (Å²) < 4.78 is 0. The molecule has 0 aromatic carbocycles. The summed E-state index contributed by atoms with van der Waals surface area (Å²) in [4.78, 5) is 0. The summed E-state index contributed by atoms with van der Waals surface area (Å²) in [5.74, 6) is 0.510. The molecule has 1 nitrogen and oxygen atoms in total. The number of rotatable bonds is 9. The normalized spacial score (nSPS) is 13.2. The van der Waals surface area contributed by atoms with E-state index < -0.39 is 0 Å². The second-order valence-corrected chi connectivity index (χ2v) is 4.20. The van der Waals surface area contributed by atoms with E-state index in [9.17, 15) is 0 Å². The van der Waals surface area contributed by atoms with Gasteiger partial charge in [0.15, 0.2) is 0 Å². The van der Waals surface area contributed by atoms with Gasteiger partial charge < -0.3 is 5.11 Å². The first kappa shape index (κ1) is 13.0. The maximum atomic E-state index is 8.81. The lowest BCUT2D eigenvalue weighted by Gasteiger charge is -2.06. The third-order valence-electron chi connectivity index (χ3n) is 2.61. The monoisotopic (exact) mass is 186 g/mol. The first-order valence-corrected chi connectivity index (χ1v) is 5.92. The fraction of sp³-hybridized carbons (Fsp3) is 1.00. The molecule has 1 atom stereocenters. The van der Waals surface area contributed by atoms with Crippen LogP contribution in [0.25, 0.3) is 0 Å². The Bertz CT molecular complexity index is 91.1. The maximum Gasteiger partial charge on any atom is 0.0456 e. The van der Waals surface area contributed by atoms with Gasteiger partial charge in [0.1, 0.15) is 0 Å². The zero-order chi connectivity index (χ0) is 9.94. The molecule has 0 saturated heterocycles. The minimum absolute atomic E-state index is 0.357. The Morgan fingerprint density at radius 3 is 2.00 bits per heavy atom. The first-order chi connectivity index (χ1) is 6.31. The highest BCUT2D eigenvalue weighted by Gasteiger charge is 1.98. The molecule has 0 fully saturated rings. The predicted octanol–water partition coefficient (Wildman–Crippen LogP) is 3.76. The number of aliphatic hydroxyl groups excluding tert-OH is 1. The van der Waals surface area contributed by atoms with Crippen molar-refractivity contribution in [3.05, 3.63) is 0 Å². The van der Waals surface area contributed by atoms with Crippen molar-refractivity contribution in [2.45, 2.75) is 65.2 Å². The van der Waals surface area contributed by atoms with Crippen LogP contribution in [0, 0.1) is 5.92 Å².